The topological polar surface area (TPSA) is 94.8 Å². The van der Waals surface area contributed by atoms with Crippen LogP contribution in [0.15, 0.2) is 53.9 Å². The molecule has 2 aromatic carbocycles. The van der Waals surface area contributed by atoms with E-state index in [2.05, 4.69) is 25.8 Å². The molecule has 1 saturated carbocycles. The van der Waals surface area contributed by atoms with Crippen LogP contribution in [0.4, 0.5) is 5.69 Å². The van der Waals surface area contributed by atoms with Crippen LogP contribution in [-0.4, -0.2) is 38.2 Å². The molecule has 4 aromatic rings. The predicted molar refractivity (Wildman–Crippen MR) is 114 cm³/mol. The Bertz CT molecular complexity index is 1200. The Labute approximate surface area is 176 Å². The summed E-state index contributed by atoms with van der Waals surface area (Å²) in [5.74, 6) is 1.23. The number of aromatic nitrogens is 5. The van der Waals surface area contributed by atoms with Crippen LogP contribution in [0, 0.1) is 0 Å². The van der Waals surface area contributed by atoms with E-state index in [9.17, 15) is 4.79 Å². The zero-order valence-electron chi connectivity index (χ0n) is 16.1. The molecule has 150 valence electrons. The van der Waals surface area contributed by atoms with E-state index >= 15 is 0 Å². The van der Waals surface area contributed by atoms with Gasteiger partial charge in [0.05, 0.1) is 13.2 Å². The molecule has 0 aliphatic heterocycles. The summed E-state index contributed by atoms with van der Waals surface area (Å²) in [6.07, 6.45) is 2.18. The summed E-state index contributed by atoms with van der Waals surface area (Å²) in [6.45, 7) is 0. The Morgan fingerprint density at radius 3 is 2.77 bits per heavy atom. The maximum absolute atomic E-state index is 12.7. The van der Waals surface area contributed by atoms with E-state index in [1.54, 1.807) is 12.5 Å². The first-order valence-corrected chi connectivity index (χ1v) is 10.4. The molecule has 0 spiro atoms. The van der Waals surface area contributed by atoms with E-state index < -0.39 is 0 Å². The summed E-state index contributed by atoms with van der Waals surface area (Å²) in [7, 11) is 1.63. The van der Waals surface area contributed by atoms with E-state index in [1.165, 1.54) is 11.3 Å². The van der Waals surface area contributed by atoms with Crippen molar-refractivity contribution < 1.29 is 9.53 Å². The number of amides is 1. The SMILES string of the molecule is COc1ccc(-c2nc(C(=O)Nc3cccc(-c4nnnn4C4CC4)c3)cs2)cc1. The van der Waals surface area contributed by atoms with Crippen molar-refractivity contribution in [3.63, 3.8) is 0 Å². The highest BCUT2D eigenvalue weighted by molar-refractivity contribution is 7.13. The lowest BCUT2D eigenvalue weighted by atomic mass is 10.2. The molecule has 1 fully saturated rings. The Morgan fingerprint density at radius 1 is 1.17 bits per heavy atom. The van der Waals surface area contributed by atoms with Gasteiger partial charge >= 0.3 is 0 Å². The maximum Gasteiger partial charge on any atom is 0.275 e. The lowest BCUT2D eigenvalue weighted by Gasteiger charge is -2.07. The number of thiazole rings is 1. The van der Waals surface area contributed by atoms with Gasteiger partial charge in [-0.25, -0.2) is 9.67 Å². The third kappa shape index (κ3) is 3.67. The van der Waals surface area contributed by atoms with Crippen molar-refractivity contribution in [1.29, 1.82) is 0 Å². The molecule has 0 radical (unpaired) electrons. The summed E-state index contributed by atoms with van der Waals surface area (Å²) < 4.78 is 7.03. The molecule has 2 heterocycles. The van der Waals surface area contributed by atoms with Crippen molar-refractivity contribution >= 4 is 22.9 Å². The van der Waals surface area contributed by atoms with Gasteiger partial charge in [-0.3, -0.25) is 4.79 Å². The van der Waals surface area contributed by atoms with Gasteiger partial charge in [-0.1, -0.05) is 12.1 Å². The molecular weight excluding hydrogens is 400 g/mol. The number of carbonyl (C=O) groups excluding carboxylic acids is 1. The van der Waals surface area contributed by atoms with Crippen LogP contribution < -0.4 is 10.1 Å². The zero-order chi connectivity index (χ0) is 20.5. The summed E-state index contributed by atoms with van der Waals surface area (Å²) >= 11 is 1.43. The second-order valence-corrected chi connectivity index (χ2v) is 7.84. The number of benzene rings is 2. The predicted octanol–water partition coefficient (Wildman–Crippen LogP) is 4.06. The van der Waals surface area contributed by atoms with E-state index in [0.29, 0.717) is 23.2 Å². The fourth-order valence-corrected chi connectivity index (χ4v) is 3.93. The third-order valence-corrected chi connectivity index (χ3v) is 5.73. The number of nitrogens with one attached hydrogen (secondary N) is 1. The van der Waals surface area contributed by atoms with E-state index in [1.807, 2.05) is 53.2 Å². The monoisotopic (exact) mass is 418 g/mol. The Kier molecular flexibility index (Phi) is 4.72. The summed E-state index contributed by atoms with van der Waals surface area (Å²) in [5, 5.41) is 17.5. The Morgan fingerprint density at radius 2 is 2.00 bits per heavy atom. The standard InChI is InChI=1S/C21H18N6O2S/c1-29-17-9-5-13(6-10-17)21-23-18(12-30-21)20(28)22-15-4-2-3-14(11-15)19-24-25-26-27(19)16-7-8-16/h2-6,9-12,16H,7-8H2,1H3,(H,22,28). The minimum atomic E-state index is -0.259. The molecule has 5 rings (SSSR count). The number of rotatable bonds is 6. The zero-order valence-corrected chi connectivity index (χ0v) is 17.0. The lowest BCUT2D eigenvalue weighted by molar-refractivity contribution is 0.102. The average Bonchev–Trinajstić information content (AvgIpc) is 3.29. The van der Waals surface area contributed by atoms with Gasteiger partial charge in [0.2, 0.25) is 0 Å². The number of ether oxygens (including phenoxy) is 1. The average molecular weight is 418 g/mol. The van der Waals surface area contributed by atoms with Crippen LogP contribution in [0.25, 0.3) is 22.0 Å². The number of methoxy groups -OCH3 is 1. The molecule has 9 heteroatoms. The summed E-state index contributed by atoms with van der Waals surface area (Å²) in [5.41, 5.74) is 2.84. The van der Waals surface area contributed by atoms with E-state index in [0.717, 1.165) is 34.7 Å². The van der Waals surface area contributed by atoms with Gasteiger partial charge in [0, 0.05) is 22.2 Å². The van der Waals surface area contributed by atoms with E-state index in [4.69, 9.17) is 4.74 Å². The first kappa shape index (κ1) is 18.4. The van der Waals surface area contributed by atoms with Crippen LogP contribution in [-0.2, 0) is 0 Å². The van der Waals surface area contributed by atoms with Gasteiger partial charge < -0.3 is 10.1 Å². The first-order valence-electron chi connectivity index (χ1n) is 9.51. The number of carbonyl (C=O) groups is 1. The van der Waals surface area contributed by atoms with Gasteiger partial charge in [-0.15, -0.1) is 16.4 Å². The molecule has 0 atom stereocenters. The quantitative estimate of drug-likeness (QED) is 0.507. The molecule has 30 heavy (non-hydrogen) atoms. The minimum absolute atomic E-state index is 0.259. The van der Waals surface area contributed by atoms with Crippen molar-refractivity contribution in [2.45, 2.75) is 18.9 Å². The molecule has 2 aromatic heterocycles. The molecule has 1 amide bonds. The fraction of sp³-hybridized carbons (Fsp3) is 0.190. The highest BCUT2D eigenvalue weighted by Gasteiger charge is 2.28. The number of hydrogen-bond donors (Lipinski definition) is 1. The molecular formula is C21H18N6O2S. The minimum Gasteiger partial charge on any atom is -0.497 e. The van der Waals surface area contributed by atoms with Crippen LogP contribution in [0.5, 0.6) is 5.75 Å². The highest BCUT2D eigenvalue weighted by atomic mass is 32.1. The third-order valence-electron chi connectivity index (χ3n) is 4.84. The molecule has 8 nitrogen and oxygen atoms in total. The van der Waals surface area contributed by atoms with Gasteiger partial charge in [0.1, 0.15) is 16.5 Å². The smallest absolute Gasteiger partial charge is 0.275 e. The van der Waals surface area contributed by atoms with Crippen molar-refractivity contribution in [2.24, 2.45) is 0 Å². The lowest BCUT2D eigenvalue weighted by Crippen LogP contribution is -2.12. The van der Waals surface area contributed by atoms with Crippen molar-refractivity contribution in [2.75, 3.05) is 12.4 Å². The molecule has 1 aliphatic rings. The van der Waals surface area contributed by atoms with Crippen molar-refractivity contribution in [3.8, 4) is 27.7 Å². The van der Waals surface area contributed by atoms with Crippen LogP contribution >= 0.6 is 11.3 Å². The normalized spacial score (nSPS) is 13.2. The molecule has 0 bridgehead atoms. The number of tetrazole rings is 1. The molecule has 1 N–H and O–H groups in total. The van der Waals surface area contributed by atoms with Gasteiger partial charge in [-0.05, 0) is 59.7 Å². The molecule has 0 saturated heterocycles. The van der Waals surface area contributed by atoms with E-state index in [-0.39, 0.29) is 5.91 Å². The number of hydrogen-bond acceptors (Lipinski definition) is 7. The second kappa shape index (κ2) is 7.68. The van der Waals surface area contributed by atoms with Gasteiger partial charge in [0.25, 0.3) is 5.91 Å². The van der Waals surface area contributed by atoms with Crippen LogP contribution in [0.1, 0.15) is 29.4 Å². The van der Waals surface area contributed by atoms with Crippen LogP contribution in [0.3, 0.4) is 0 Å². The number of nitrogens with zero attached hydrogens (tertiary/aromatic N) is 5. The summed E-state index contributed by atoms with van der Waals surface area (Å²) in [6, 6.07) is 15.5. The highest BCUT2D eigenvalue weighted by Crippen LogP contribution is 2.36. The van der Waals surface area contributed by atoms with Crippen molar-refractivity contribution in [1.82, 2.24) is 25.2 Å². The first-order chi connectivity index (χ1) is 14.7. The second-order valence-electron chi connectivity index (χ2n) is 6.98. The summed E-state index contributed by atoms with van der Waals surface area (Å²) in [4.78, 5) is 17.2. The Balaban J connectivity index is 1.33. The Hall–Kier alpha value is -3.59. The molecule has 0 unspecified atom stereocenters. The molecule has 1 aliphatic carbocycles. The maximum atomic E-state index is 12.7. The largest absolute Gasteiger partial charge is 0.497 e. The van der Waals surface area contributed by atoms with Gasteiger partial charge in [0.15, 0.2) is 5.82 Å². The van der Waals surface area contributed by atoms with Gasteiger partial charge in [-0.2, -0.15) is 0 Å². The number of anilines is 1. The van der Waals surface area contributed by atoms with Crippen LogP contribution in [0.2, 0.25) is 0 Å². The van der Waals surface area contributed by atoms with Crippen molar-refractivity contribution in [3.05, 3.63) is 59.6 Å². The fourth-order valence-electron chi connectivity index (χ4n) is 3.12.